The van der Waals surface area contributed by atoms with Crippen LogP contribution in [0.2, 0.25) is 0 Å². The third kappa shape index (κ3) is 5.06. The summed E-state index contributed by atoms with van der Waals surface area (Å²) < 4.78 is 19.2. The van der Waals surface area contributed by atoms with Gasteiger partial charge in [0.15, 0.2) is 18.2 Å². The van der Waals surface area contributed by atoms with Gasteiger partial charge in [0.1, 0.15) is 5.82 Å². The van der Waals surface area contributed by atoms with E-state index in [9.17, 15) is 14.0 Å². The van der Waals surface area contributed by atoms with Crippen LogP contribution in [0.1, 0.15) is 72.9 Å². The van der Waals surface area contributed by atoms with Crippen molar-refractivity contribution in [2.75, 3.05) is 13.2 Å². The molecule has 2 amide bonds. The highest BCUT2D eigenvalue weighted by Gasteiger charge is 2.34. The number of carbonyl (C=O) groups is 2. The monoisotopic (exact) mass is 440 g/mol. The summed E-state index contributed by atoms with van der Waals surface area (Å²) in [7, 11) is 0. The quantitative estimate of drug-likeness (QED) is 0.740. The smallest absolute Gasteiger partial charge is 0.261 e. The summed E-state index contributed by atoms with van der Waals surface area (Å²) in [6, 6.07) is 5.84. The van der Waals surface area contributed by atoms with Crippen LogP contribution in [0.5, 0.6) is 5.75 Å². The van der Waals surface area contributed by atoms with Gasteiger partial charge in [0.25, 0.3) is 11.8 Å². The number of benzene rings is 1. The van der Waals surface area contributed by atoms with Crippen LogP contribution < -0.4 is 10.1 Å². The van der Waals surface area contributed by atoms with E-state index in [1.807, 2.05) is 0 Å². The summed E-state index contributed by atoms with van der Waals surface area (Å²) in [5.74, 6) is -0.357. The van der Waals surface area contributed by atoms with Crippen molar-refractivity contribution < 1.29 is 18.7 Å². The molecule has 7 nitrogen and oxygen atoms in total. The van der Waals surface area contributed by atoms with E-state index < -0.39 is 5.82 Å². The molecule has 4 rings (SSSR count). The predicted octanol–water partition coefficient (Wildman–Crippen LogP) is 3.73. The number of nitrogens with zero attached hydrogens (tertiary/aromatic N) is 3. The summed E-state index contributed by atoms with van der Waals surface area (Å²) in [6.07, 6.45) is 8.47. The van der Waals surface area contributed by atoms with Gasteiger partial charge in [-0.1, -0.05) is 31.4 Å². The van der Waals surface area contributed by atoms with E-state index in [0.29, 0.717) is 30.0 Å². The van der Waals surface area contributed by atoms with Crippen LogP contribution >= 0.6 is 0 Å². The second kappa shape index (κ2) is 10.1. The number of para-hydroxylation sites is 1. The van der Waals surface area contributed by atoms with Gasteiger partial charge in [-0.05, 0) is 44.7 Å². The molecule has 1 aliphatic heterocycles. The van der Waals surface area contributed by atoms with Crippen molar-refractivity contribution in [2.45, 2.75) is 64.0 Å². The van der Waals surface area contributed by atoms with Gasteiger partial charge in [0.2, 0.25) is 0 Å². The van der Waals surface area contributed by atoms with E-state index in [2.05, 4.69) is 15.3 Å². The first-order valence-corrected chi connectivity index (χ1v) is 11.3. The van der Waals surface area contributed by atoms with Gasteiger partial charge in [-0.3, -0.25) is 9.59 Å². The van der Waals surface area contributed by atoms with Crippen LogP contribution in [0, 0.1) is 12.7 Å². The van der Waals surface area contributed by atoms with E-state index in [4.69, 9.17) is 4.74 Å². The molecule has 1 saturated carbocycles. The van der Waals surface area contributed by atoms with Gasteiger partial charge in [-0.2, -0.15) is 0 Å². The number of rotatable bonds is 6. The Bertz CT molecular complexity index is 977. The van der Waals surface area contributed by atoms with Crippen molar-refractivity contribution >= 4 is 11.8 Å². The average Bonchev–Trinajstić information content (AvgIpc) is 3.29. The van der Waals surface area contributed by atoms with Crippen LogP contribution in [0.4, 0.5) is 4.39 Å². The largest absolute Gasteiger partial charge is 0.481 e. The predicted molar refractivity (Wildman–Crippen MR) is 117 cm³/mol. The Labute approximate surface area is 187 Å². The minimum Gasteiger partial charge on any atom is -0.481 e. The summed E-state index contributed by atoms with van der Waals surface area (Å²) in [5, 5.41) is 3.13. The van der Waals surface area contributed by atoms with E-state index >= 15 is 0 Å². The lowest BCUT2D eigenvalue weighted by atomic mass is 9.95. The Kier molecular flexibility index (Phi) is 6.97. The molecule has 0 radical (unpaired) electrons. The van der Waals surface area contributed by atoms with Gasteiger partial charge >= 0.3 is 0 Å². The lowest BCUT2D eigenvalue weighted by Crippen LogP contribution is -2.39. The first-order valence-electron chi connectivity index (χ1n) is 11.3. The minimum absolute atomic E-state index is 0.0435. The number of amides is 2. The van der Waals surface area contributed by atoms with Crippen LogP contribution in [0.15, 0.2) is 30.5 Å². The molecule has 2 heterocycles. The second-order valence-corrected chi connectivity index (χ2v) is 8.49. The molecule has 0 spiro atoms. The van der Waals surface area contributed by atoms with Crippen LogP contribution in [0.3, 0.4) is 0 Å². The third-order valence-corrected chi connectivity index (χ3v) is 6.20. The molecule has 8 heteroatoms. The summed E-state index contributed by atoms with van der Waals surface area (Å²) in [4.78, 5) is 36.5. The maximum Gasteiger partial charge on any atom is 0.261 e. The van der Waals surface area contributed by atoms with Crippen molar-refractivity contribution in [2.24, 2.45) is 0 Å². The van der Waals surface area contributed by atoms with E-state index in [-0.39, 0.29) is 36.3 Å². The fourth-order valence-electron chi connectivity index (χ4n) is 4.56. The Morgan fingerprint density at radius 1 is 1.16 bits per heavy atom. The van der Waals surface area contributed by atoms with Gasteiger partial charge in [0, 0.05) is 18.8 Å². The fourth-order valence-corrected chi connectivity index (χ4v) is 4.56. The highest BCUT2D eigenvalue weighted by atomic mass is 19.1. The molecule has 2 aliphatic rings. The SMILES string of the molecule is Cc1ncc(C(=O)NC2CCCCC2)c(C2CCCN2C(=O)COc2ccccc2F)n1. The topological polar surface area (TPSA) is 84.4 Å². The van der Waals surface area contributed by atoms with Crippen molar-refractivity contribution in [3.05, 3.63) is 53.4 Å². The zero-order valence-electron chi connectivity index (χ0n) is 18.3. The zero-order valence-corrected chi connectivity index (χ0v) is 18.3. The van der Waals surface area contributed by atoms with Gasteiger partial charge < -0.3 is 15.0 Å². The molecule has 1 aliphatic carbocycles. The Morgan fingerprint density at radius 2 is 1.94 bits per heavy atom. The highest BCUT2D eigenvalue weighted by Crippen LogP contribution is 2.33. The molecule has 1 aromatic carbocycles. The molecule has 0 bridgehead atoms. The van der Waals surface area contributed by atoms with E-state index in [1.165, 1.54) is 18.6 Å². The molecule has 1 atom stereocenters. The van der Waals surface area contributed by atoms with Gasteiger partial charge in [-0.25, -0.2) is 14.4 Å². The molecule has 170 valence electrons. The highest BCUT2D eigenvalue weighted by molar-refractivity contribution is 5.95. The van der Waals surface area contributed by atoms with Gasteiger partial charge in [-0.15, -0.1) is 0 Å². The Hall–Kier alpha value is -3.03. The number of halogens is 1. The molecular formula is C24H29FN4O3. The lowest BCUT2D eigenvalue weighted by molar-refractivity contribution is -0.134. The fraction of sp³-hybridized carbons (Fsp3) is 0.500. The molecule has 1 N–H and O–H groups in total. The summed E-state index contributed by atoms with van der Waals surface area (Å²) in [5.41, 5.74) is 0.989. The maximum atomic E-state index is 13.8. The number of hydrogen-bond donors (Lipinski definition) is 1. The van der Waals surface area contributed by atoms with Gasteiger partial charge in [0.05, 0.1) is 17.3 Å². The molecule has 2 fully saturated rings. The number of ether oxygens (including phenoxy) is 1. The van der Waals surface area contributed by atoms with E-state index in [0.717, 1.165) is 32.1 Å². The number of aromatic nitrogens is 2. The molecular weight excluding hydrogens is 411 g/mol. The van der Waals surface area contributed by atoms with Crippen molar-refractivity contribution in [3.8, 4) is 5.75 Å². The van der Waals surface area contributed by atoms with Crippen molar-refractivity contribution in [1.29, 1.82) is 0 Å². The lowest BCUT2D eigenvalue weighted by Gasteiger charge is -2.27. The van der Waals surface area contributed by atoms with Crippen LogP contribution in [-0.2, 0) is 4.79 Å². The Morgan fingerprint density at radius 3 is 2.72 bits per heavy atom. The summed E-state index contributed by atoms with van der Waals surface area (Å²) in [6.45, 7) is 2.04. The Balaban J connectivity index is 1.50. The van der Waals surface area contributed by atoms with E-state index in [1.54, 1.807) is 30.2 Å². The molecule has 1 aromatic heterocycles. The molecule has 1 saturated heterocycles. The summed E-state index contributed by atoms with van der Waals surface area (Å²) >= 11 is 0. The average molecular weight is 441 g/mol. The maximum absolute atomic E-state index is 13.8. The van der Waals surface area contributed by atoms with Crippen LogP contribution in [-0.4, -0.2) is 45.9 Å². The third-order valence-electron chi connectivity index (χ3n) is 6.20. The van der Waals surface area contributed by atoms with Crippen molar-refractivity contribution in [1.82, 2.24) is 20.2 Å². The first kappa shape index (κ1) is 22.2. The van der Waals surface area contributed by atoms with Crippen LogP contribution in [0.25, 0.3) is 0 Å². The minimum atomic E-state index is -0.508. The number of likely N-dealkylation sites (tertiary alicyclic amines) is 1. The number of nitrogens with one attached hydrogen (secondary N) is 1. The zero-order chi connectivity index (χ0) is 22.5. The second-order valence-electron chi connectivity index (χ2n) is 8.49. The normalized spacial score (nSPS) is 19.1. The number of aryl methyl sites for hydroxylation is 1. The molecule has 2 aromatic rings. The standard InChI is InChI=1S/C24H29FN4O3/c1-16-26-14-18(24(31)28-17-8-3-2-4-9-17)23(27-16)20-11-7-13-29(20)22(30)15-32-21-12-6-5-10-19(21)25/h5-6,10,12,14,17,20H,2-4,7-9,11,13,15H2,1H3,(H,28,31). The number of hydrogen-bond acceptors (Lipinski definition) is 5. The molecule has 1 unspecified atom stereocenters. The van der Waals surface area contributed by atoms with Crippen molar-refractivity contribution in [3.63, 3.8) is 0 Å². The molecule has 32 heavy (non-hydrogen) atoms. The number of carbonyl (C=O) groups excluding carboxylic acids is 2. The first-order chi connectivity index (χ1) is 15.5.